The van der Waals surface area contributed by atoms with Gasteiger partial charge in [0.25, 0.3) is 0 Å². The number of nitrogens with one attached hydrogen (secondary N) is 1. The van der Waals surface area contributed by atoms with E-state index in [0.29, 0.717) is 32.1 Å². The molecule has 0 bridgehead atoms. The molecule has 0 saturated carbocycles. The molecule has 2 aliphatic heterocycles. The molecule has 2 unspecified atom stereocenters. The molecule has 0 aromatic carbocycles. The largest absolute Gasteiger partial charge is 0.466 e. The van der Waals surface area contributed by atoms with Crippen molar-refractivity contribution >= 4 is 21.6 Å². The quantitative estimate of drug-likeness (QED) is 0.603. The highest BCUT2D eigenvalue weighted by atomic mass is 32.2. The molecule has 2 fully saturated rings. The lowest BCUT2D eigenvalue weighted by Crippen LogP contribution is -2.33. The van der Waals surface area contributed by atoms with Crippen LogP contribution < -0.4 is 5.32 Å². The van der Waals surface area contributed by atoms with Gasteiger partial charge in [-0.3, -0.25) is 14.9 Å². The van der Waals surface area contributed by atoms with E-state index in [1.54, 1.807) is 0 Å². The molecule has 6 nitrogen and oxygen atoms in total. The normalized spacial score (nSPS) is 30.4. The van der Waals surface area contributed by atoms with Crippen molar-refractivity contribution in [1.29, 1.82) is 0 Å². The Morgan fingerprint density at radius 3 is 2.56 bits per heavy atom. The van der Waals surface area contributed by atoms with Crippen LogP contribution in [-0.4, -0.2) is 43.4 Å². The molecule has 7 heteroatoms. The molecule has 0 aromatic heterocycles. The fourth-order valence-corrected chi connectivity index (χ4v) is 5.85. The van der Waals surface area contributed by atoms with Crippen LogP contribution in [0, 0.1) is 0 Å². The van der Waals surface area contributed by atoms with Gasteiger partial charge in [-0.2, -0.15) is 0 Å². The SMILES string of the molecule is CCCS(=O)(=O)C12CCOC(=O)CCCC(=O)CCCCCCC1N2. The van der Waals surface area contributed by atoms with Crippen molar-refractivity contribution in [3.8, 4) is 0 Å². The smallest absolute Gasteiger partial charge is 0.305 e. The first-order valence-corrected chi connectivity index (χ1v) is 11.2. The summed E-state index contributed by atoms with van der Waals surface area (Å²) >= 11 is 0. The van der Waals surface area contributed by atoms with Gasteiger partial charge in [0.15, 0.2) is 9.84 Å². The van der Waals surface area contributed by atoms with Crippen molar-refractivity contribution in [2.45, 2.75) is 88.5 Å². The van der Waals surface area contributed by atoms with Crippen molar-refractivity contribution < 1.29 is 22.7 Å². The van der Waals surface area contributed by atoms with Crippen molar-refractivity contribution in [3.63, 3.8) is 0 Å². The number of fused-ring (bicyclic) bond motifs is 1. The molecular weight excluding hydrogens is 342 g/mol. The molecule has 2 aliphatic rings. The van der Waals surface area contributed by atoms with Gasteiger partial charge in [0.05, 0.1) is 12.4 Å². The van der Waals surface area contributed by atoms with Gasteiger partial charge in [0.2, 0.25) is 0 Å². The van der Waals surface area contributed by atoms with Gasteiger partial charge in [-0.05, 0) is 25.7 Å². The highest BCUT2D eigenvalue weighted by Gasteiger charge is 2.61. The monoisotopic (exact) mass is 373 g/mol. The van der Waals surface area contributed by atoms with Gasteiger partial charge in [0, 0.05) is 31.7 Å². The number of ketones is 1. The lowest BCUT2D eigenvalue weighted by molar-refractivity contribution is -0.143. The molecule has 25 heavy (non-hydrogen) atoms. The van der Waals surface area contributed by atoms with Crippen molar-refractivity contribution in [2.75, 3.05) is 12.4 Å². The second kappa shape index (κ2) is 9.12. The molecule has 2 atom stereocenters. The van der Waals surface area contributed by atoms with Gasteiger partial charge >= 0.3 is 5.97 Å². The number of Topliss-reactive ketones (excluding diaryl/α,β-unsaturated/α-hetero) is 1. The number of cyclic esters (lactones) is 1. The van der Waals surface area contributed by atoms with Gasteiger partial charge in [-0.25, -0.2) is 8.42 Å². The molecule has 0 spiro atoms. The number of carbonyl (C=O) groups excluding carboxylic acids is 2. The molecule has 0 aliphatic carbocycles. The zero-order valence-electron chi connectivity index (χ0n) is 15.2. The van der Waals surface area contributed by atoms with Gasteiger partial charge < -0.3 is 4.74 Å². The topological polar surface area (TPSA) is 99.5 Å². The van der Waals surface area contributed by atoms with E-state index in [0.717, 1.165) is 32.1 Å². The Labute approximate surface area is 151 Å². The molecule has 2 saturated heterocycles. The van der Waals surface area contributed by atoms with Crippen LogP contribution in [0.15, 0.2) is 0 Å². The first kappa shape index (κ1) is 20.4. The summed E-state index contributed by atoms with van der Waals surface area (Å²) in [5.41, 5.74) is 0. The lowest BCUT2D eigenvalue weighted by atomic mass is 10.0. The molecule has 2 heterocycles. The zero-order chi connectivity index (χ0) is 18.3. The van der Waals surface area contributed by atoms with Crippen molar-refractivity contribution in [3.05, 3.63) is 0 Å². The van der Waals surface area contributed by atoms with Crippen LogP contribution >= 0.6 is 0 Å². The summed E-state index contributed by atoms with van der Waals surface area (Å²) in [5.74, 6) is 0.0283. The van der Waals surface area contributed by atoms with Crippen LogP contribution in [0.25, 0.3) is 0 Å². The van der Waals surface area contributed by atoms with E-state index in [1.165, 1.54) is 0 Å². The molecule has 2 rings (SSSR count). The van der Waals surface area contributed by atoms with E-state index >= 15 is 0 Å². The third-order valence-electron chi connectivity index (χ3n) is 5.20. The fourth-order valence-electron chi connectivity index (χ4n) is 3.69. The maximum atomic E-state index is 12.7. The number of sulfone groups is 1. The predicted octanol–water partition coefficient (Wildman–Crippen LogP) is 2.51. The minimum Gasteiger partial charge on any atom is -0.466 e. The molecule has 0 radical (unpaired) electrons. The number of carbonyl (C=O) groups is 2. The number of esters is 1. The fraction of sp³-hybridized carbons (Fsp3) is 0.889. The van der Waals surface area contributed by atoms with E-state index in [-0.39, 0.29) is 36.6 Å². The van der Waals surface area contributed by atoms with Crippen LogP contribution in [0.2, 0.25) is 0 Å². The number of rotatable bonds is 3. The summed E-state index contributed by atoms with van der Waals surface area (Å²) in [7, 11) is -3.25. The minimum absolute atomic E-state index is 0.0442. The average molecular weight is 374 g/mol. The van der Waals surface area contributed by atoms with Crippen molar-refractivity contribution in [1.82, 2.24) is 5.32 Å². The number of hydrogen-bond donors (Lipinski definition) is 1. The summed E-state index contributed by atoms with van der Waals surface area (Å²) < 4.78 is 30.6. The molecule has 0 amide bonds. The van der Waals surface area contributed by atoms with Gasteiger partial charge in [-0.1, -0.05) is 26.2 Å². The minimum atomic E-state index is -3.25. The highest BCUT2D eigenvalue weighted by molar-refractivity contribution is 7.93. The Bertz CT molecular complexity index is 574. The highest BCUT2D eigenvalue weighted by Crippen LogP contribution is 2.40. The Hall–Kier alpha value is -0.950. The number of hydrogen-bond acceptors (Lipinski definition) is 6. The summed E-state index contributed by atoms with van der Waals surface area (Å²) in [6, 6.07) is -0.0442. The maximum absolute atomic E-state index is 12.7. The van der Waals surface area contributed by atoms with Crippen LogP contribution in [0.1, 0.15) is 77.6 Å². The Kier molecular flexibility index (Phi) is 7.43. The molecule has 144 valence electrons. The first-order valence-electron chi connectivity index (χ1n) is 9.58. The van der Waals surface area contributed by atoms with Crippen molar-refractivity contribution in [2.24, 2.45) is 0 Å². The Morgan fingerprint density at radius 2 is 1.80 bits per heavy atom. The standard InChI is InChI=1S/C18H31NO5S/c1-2-14-25(22,23)18-12-13-24-17(21)11-7-9-15(20)8-5-3-4-6-10-16(18)19-18/h16,19H,2-14H2,1H3. The van der Waals surface area contributed by atoms with Gasteiger partial charge in [0.1, 0.15) is 10.7 Å². The summed E-state index contributed by atoms with van der Waals surface area (Å²) in [4.78, 5) is 22.6. The summed E-state index contributed by atoms with van der Waals surface area (Å²) in [6.45, 7) is 1.97. The van der Waals surface area contributed by atoms with E-state index in [1.807, 2.05) is 6.92 Å². The predicted molar refractivity (Wildman–Crippen MR) is 95.9 cm³/mol. The second-order valence-electron chi connectivity index (χ2n) is 7.22. The zero-order valence-corrected chi connectivity index (χ0v) is 16.0. The van der Waals surface area contributed by atoms with E-state index < -0.39 is 14.7 Å². The van der Waals surface area contributed by atoms with Crippen LogP contribution in [0.5, 0.6) is 0 Å². The van der Waals surface area contributed by atoms with E-state index in [2.05, 4.69) is 5.32 Å². The van der Waals surface area contributed by atoms with Crippen LogP contribution in [0.4, 0.5) is 0 Å². The molecule has 1 N–H and O–H groups in total. The average Bonchev–Trinajstić information content (AvgIpc) is 3.25. The Morgan fingerprint density at radius 1 is 1.08 bits per heavy atom. The van der Waals surface area contributed by atoms with E-state index in [9.17, 15) is 18.0 Å². The van der Waals surface area contributed by atoms with Crippen LogP contribution in [0.3, 0.4) is 0 Å². The van der Waals surface area contributed by atoms with Crippen LogP contribution in [-0.2, 0) is 24.2 Å². The third-order valence-corrected chi connectivity index (χ3v) is 7.86. The summed E-state index contributed by atoms with van der Waals surface area (Å²) in [6.07, 6.45) is 7.28. The van der Waals surface area contributed by atoms with E-state index in [4.69, 9.17) is 4.74 Å². The lowest BCUT2D eigenvalue weighted by Gasteiger charge is -2.16. The number of ether oxygens (including phenoxy) is 1. The van der Waals surface area contributed by atoms with Gasteiger partial charge in [-0.15, -0.1) is 0 Å². The first-order chi connectivity index (χ1) is 11.9. The molecule has 0 aromatic rings. The maximum Gasteiger partial charge on any atom is 0.305 e. The second-order valence-corrected chi connectivity index (χ2v) is 9.59. The Balaban J connectivity index is 1.98. The third kappa shape index (κ3) is 5.51. The summed E-state index contributed by atoms with van der Waals surface area (Å²) in [5, 5.41) is 3.19. The molecular formula is C18H31NO5S.